The Balaban J connectivity index is 2.86. The number of nitrogens with one attached hydrogen (secondary N) is 1. The molecule has 120 valence electrons. The van der Waals surface area contributed by atoms with Crippen molar-refractivity contribution in [3.63, 3.8) is 0 Å². The van der Waals surface area contributed by atoms with E-state index in [1.807, 2.05) is 6.92 Å². The summed E-state index contributed by atoms with van der Waals surface area (Å²) in [6.45, 7) is 9.86. The van der Waals surface area contributed by atoms with Crippen molar-refractivity contribution < 1.29 is 13.2 Å². The monoisotopic (exact) mass is 305 g/mol. The molecule has 0 bridgehead atoms. The Hall–Kier alpha value is -0.130. The van der Waals surface area contributed by atoms with Crippen LogP contribution in [-0.4, -0.2) is 44.7 Å². The van der Waals surface area contributed by atoms with Crippen molar-refractivity contribution in [3.05, 3.63) is 0 Å². The minimum atomic E-state index is -2.93. The predicted molar refractivity (Wildman–Crippen MR) is 83.8 cm³/mol. The van der Waals surface area contributed by atoms with Gasteiger partial charge >= 0.3 is 0 Å². The largest absolute Gasteiger partial charge is 0.374 e. The van der Waals surface area contributed by atoms with Crippen LogP contribution >= 0.6 is 0 Å². The predicted octanol–water partition coefficient (Wildman–Crippen LogP) is 2.38. The second-order valence-electron chi connectivity index (χ2n) is 6.45. The first-order valence-electron chi connectivity index (χ1n) is 7.78. The van der Waals surface area contributed by atoms with Gasteiger partial charge in [0.1, 0.15) is 9.84 Å². The van der Waals surface area contributed by atoms with Crippen LogP contribution in [0.15, 0.2) is 0 Å². The number of hydrogen-bond donors (Lipinski definition) is 1. The molecule has 0 amide bonds. The lowest BCUT2D eigenvalue weighted by molar-refractivity contribution is -0.0565. The van der Waals surface area contributed by atoms with Gasteiger partial charge in [-0.05, 0) is 52.5 Å². The SMILES string of the molecule is CCNC(C1CCCC(S(C)(=O)=O)C1)C(C)(C)OCC. The van der Waals surface area contributed by atoms with Gasteiger partial charge in [-0.25, -0.2) is 8.42 Å². The smallest absolute Gasteiger partial charge is 0.150 e. The number of likely N-dealkylation sites (N-methyl/N-ethyl adjacent to an activating group) is 1. The first-order valence-corrected chi connectivity index (χ1v) is 9.74. The van der Waals surface area contributed by atoms with Gasteiger partial charge in [0, 0.05) is 18.9 Å². The van der Waals surface area contributed by atoms with Gasteiger partial charge in [0.25, 0.3) is 0 Å². The lowest BCUT2D eigenvalue weighted by Gasteiger charge is -2.42. The second kappa shape index (κ2) is 7.23. The van der Waals surface area contributed by atoms with Gasteiger partial charge in [0.05, 0.1) is 10.9 Å². The first-order chi connectivity index (χ1) is 9.22. The zero-order valence-electron chi connectivity index (χ0n) is 13.6. The number of hydrogen-bond acceptors (Lipinski definition) is 4. The minimum absolute atomic E-state index is 0.181. The molecule has 1 fully saturated rings. The number of sulfone groups is 1. The molecular weight excluding hydrogens is 274 g/mol. The van der Waals surface area contributed by atoms with Crippen molar-refractivity contribution in [2.45, 2.75) is 70.3 Å². The normalized spacial score (nSPS) is 26.4. The van der Waals surface area contributed by atoms with E-state index in [2.05, 4.69) is 26.1 Å². The molecule has 3 atom stereocenters. The van der Waals surface area contributed by atoms with Gasteiger partial charge in [-0.2, -0.15) is 0 Å². The van der Waals surface area contributed by atoms with Crippen molar-refractivity contribution >= 4 is 9.84 Å². The van der Waals surface area contributed by atoms with Crippen molar-refractivity contribution in [1.29, 1.82) is 0 Å². The third-order valence-corrected chi connectivity index (χ3v) is 6.07. The molecule has 20 heavy (non-hydrogen) atoms. The molecule has 3 unspecified atom stereocenters. The van der Waals surface area contributed by atoms with Crippen molar-refractivity contribution in [1.82, 2.24) is 5.32 Å². The van der Waals surface area contributed by atoms with Crippen LogP contribution < -0.4 is 5.32 Å². The zero-order valence-corrected chi connectivity index (χ0v) is 14.4. The Bertz CT molecular complexity index is 392. The Morgan fingerprint density at radius 2 is 1.95 bits per heavy atom. The molecule has 1 N–H and O–H groups in total. The van der Waals surface area contributed by atoms with Crippen LogP contribution in [0.25, 0.3) is 0 Å². The van der Waals surface area contributed by atoms with E-state index >= 15 is 0 Å². The average Bonchev–Trinajstić information content (AvgIpc) is 2.34. The Labute approximate surface area is 124 Å². The fourth-order valence-electron chi connectivity index (χ4n) is 3.53. The Morgan fingerprint density at radius 1 is 1.30 bits per heavy atom. The summed E-state index contributed by atoms with van der Waals surface area (Å²) in [5, 5.41) is 3.35. The topological polar surface area (TPSA) is 55.4 Å². The van der Waals surface area contributed by atoms with E-state index in [1.165, 1.54) is 6.26 Å². The molecule has 0 aliphatic heterocycles. The van der Waals surface area contributed by atoms with Crippen molar-refractivity contribution in [2.24, 2.45) is 5.92 Å². The summed E-state index contributed by atoms with van der Waals surface area (Å²) in [4.78, 5) is 0. The lowest BCUT2D eigenvalue weighted by atomic mass is 9.77. The highest BCUT2D eigenvalue weighted by atomic mass is 32.2. The number of rotatable bonds is 7. The van der Waals surface area contributed by atoms with Crippen LogP contribution in [0.3, 0.4) is 0 Å². The van der Waals surface area contributed by atoms with E-state index in [0.717, 1.165) is 32.2 Å². The summed E-state index contributed by atoms with van der Waals surface area (Å²) in [6.07, 6.45) is 5.01. The van der Waals surface area contributed by atoms with Crippen LogP contribution in [0.5, 0.6) is 0 Å². The fraction of sp³-hybridized carbons (Fsp3) is 1.00. The van der Waals surface area contributed by atoms with E-state index < -0.39 is 9.84 Å². The van der Waals surface area contributed by atoms with Crippen LogP contribution in [0.2, 0.25) is 0 Å². The summed E-state index contributed by atoms with van der Waals surface area (Å²) >= 11 is 0. The van der Waals surface area contributed by atoms with Gasteiger partial charge in [-0.1, -0.05) is 13.3 Å². The molecule has 1 saturated carbocycles. The average molecular weight is 305 g/mol. The molecule has 0 heterocycles. The summed E-state index contributed by atoms with van der Waals surface area (Å²) < 4.78 is 29.6. The third kappa shape index (κ3) is 4.71. The van der Waals surface area contributed by atoms with Crippen molar-refractivity contribution in [2.75, 3.05) is 19.4 Å². The van der Waals surface area contributed by atoms with Crippen LogP contribution in [0.4, 0.5) is 0 Å². The van der Waals surface area contributed by atoms with Gasteiger partial charge in [0.15, 0.2) is 0 Å². The molecule has 1 aliphatic carbocycles. The lowest BCUT2D eigenvalue weighted by Crippen LogP contribution is -2.54. The molecule has 1 aliphatic rings. The summed E-state index contributed by atoms with van der Waals surface area (Å²) in [7, 11) is -2.93. The summed E-state index contributed by atoms with van der Waals surface area (Å²) in [6, 6.07) is 0.206. The molecule has 5 heteroatoms. The maximum atomic E-state index is 11.8. The van der Waals surface area contributed by atoms with Gasteiger partial charge in [0.2, 0.25) is 0 Å². The quantitative estimate of drug-likeness (QED) is 0.784. The molecule has 0 aromatic carbocycles. The molecule has 0 aromatic rings. The molecule has 1 rings (SSSR count). The number of ether oxygens (including phenoxy) is 1. The van der Waals surface area contributed by atoms with Crippen molar-refractivity contribution in [3.8, 4) is 0 Å². The molecule has 0 spiro atoms. The van der Waals surface area contributed by atoms with Gasteiger partial charge in [-0.3, -0.25) is 0 Å². The van der Waals surface area contributed by atoms with Gasteiger partial charge < -0.3 is 10.1 Å². The minimum Gasteiger partial charge on any atom is -0.374 e. The standard InChI is InChI=1S/C15H31NO3S/c1-6-16-14(15(3,4)19-7-2)12-9-8-10-13(11-12)20(5,17)18/h12-14,16H,6-11H2,1-5H3. The second-order valence-corrected chi connectivity index (χ2v) is 8.78. The highest BCUT2D eigenvalue weighted by molar-refractivity contribution is 7.91. The summed E-state index contributed by atoms with van der Waals surface area (Å²) in [5.74, 6) is 0.366. The first kappa shape index (κ1) is 17.9. The maximum absolute atomic E-state index is 11.8. The van der Waals surface area contributed by atoms with Crippen LogP contribution in [0.1, 0.15) is 53.4 Å². The van der Waals surface area contributed by atoms with Crippen LogP contribution in [0, 0.1) is 5.92 Å². The van der Waals surface area contributed by atoms with E-state index in [1.54, 1.807) is 0 Å². The molecule has 0 radical (unpaired) electrons. The van der Waals surface area contributed by atoms with E-state index in [9.17, 15) is 8.42 Å². The van der Waals surface area contributed by atoms with E-state index in [0.29, 0.717) is 12.5 Å². The highest BCUT2D eigenvalue weighted by Gasteiger charge is 2.40. The Kier molecular flexibility index (Phi) is 6.48. The van der Waals surface area contributed by atoms with Crippen LogP contribution in [-0.2, 0) is 14.6 Å². The highest BCUT2D eigenvalue weighted by Crippen LogP contribution is 2.35. The maximum Gasteiger partial charge on any atom is 0.150 e. The van der Waals surface area contributed by atoms with Gasteiger partial charge in [-0.15, -0.1) is 0 Å². The molecule has 4 nitrogen and oxygen atoms in total. The van der Waals surface area contributed by atoms with E-state index in [-0.39, 0.29) is 16.9 Å². The zero-order chi connectivity index (χ0) is 15.4. The summed E-state index contributed by atoms with van der Waals surface area (Å²) in [5.41, 5.74) is -0.269. The fourth-order valence-corrected chi connectivity index (χ4v) is 4.73. The molecule has 0 aromatic heterocycles. The molecular formula is C15H31NO3S. The Morgan fingerprint density at radius 3 is 2.45 bits per heavy atom. The van der Waals surface area contributed by atoms with E-state index in [4.69, 9.17) is 4.74 Å². The molecule has 0 saturated heterocycles. The third-order valence-electron chi connectivity index (χ3n) is 4.43.